The Labute approximate surface area is 142 Å². The summed E-state index contributed by atoms with van der Waals surface area (Å²) < 4.78 is 5.37. The molecule has 1 N–H and O–H groups in total. The minimum absolute atomic E-state index is 0.131. The Kier molecular flexibility index (Phi) is 5.61. The van der Waals surface area contributed by atoms with Gasteiger partial charge in [-0.15, -0.1) is 0 Å². The molecule has 3 rings (SSSR count). The van der Waals surface area contributed by atoms with Crippen molar-refractivity contribution >= 4 is 5.91 Å². The summed E-state index contributed by atoms with van der Waals surface area (Å²) in [6.07, 6.45) is 0.538. The van der Waals surface area contributed by atoms with Crippen molar-refractivity contribution in [2.24, 2.45) is 0 Å². The molecule has 0 unspecified atom stereocenters. The van der Waals surface area contributed by atoms with Crippen molar-refractivity contribution in [1.82, 2.24) is 20.3 Å². The van der Waals surface area contributed by atoms with E-state index >= 15 is 0 Å². The predicted molar refractivity (Wildman–Crippen MR) is 92.3 cm³/mol. The Hall–Kier alpha value is -2.18. The van der Waals surface area contributed by atoms with E-state index in [9.17, 15) is 4.79 Å². The van der Waals surface area contributed by atoms with E-state index in [1.54, 1.807) is 4.90 Å². The molecule has 2 heterocycles. The summed E-state index contributed by atoms with van der Waals surface area (Å²) in [6, 6.07) is 11.8. The average Bonchev–Trinajstić information content (AvgIpc) is 3.10. The monoisotopic (exact) mass is 328 g/mol. The maximum absolute atomic E-state index is 12.3. The van der Waals surface area contributed by atoms with Crippen LogP contribution in [0, 0.1) is 0 Å². The molecule has 0 spiro atoms. The number of nitrogens with one attached hydrogen (secondary N) is 1. The molecule has 2 aromatic rings. The number of aromatic nitrogens is 1. The number of rotatable bonds is 6. The van der Waals surface area contributed by atoms with Crippen LogP contribution in [0.15, 0.2) is 40.9 Å². The number of benzene rings is 1. The molecule has 24 heavy (non-hydrogen) atoms. The molecule has 0 saturated carbocycles. The number of hydrogen-bond donors (Lipinski definition) is 1. The van der Waals surface area contributed by atoms with Gasteiger partial charge in [0.2, 0.25) is 5.91 Å². The minimum Gasteiger partial charge on any atom is -0.359 e. The highest BCUT2D eigenvalue weighted by atomic mass is 16.5. The van der Waals surface area contributed by atoms with Crippen molar-refractivity contribution < 1.29 is 9.32 Å². The second-order valence-corrected chi connectivity index (χ2v) is 6.14. The number of nitrogens with zero attached hydrogens (tertiary/aromatic N) is 3. The first-order valence-electron chi connectivity index (χ1n) is 8.40. The fourth-order valence-electron chi connectivity index (χ4n) is 2.83. The Morgan fingerprint density at radius 2 is 2.04 bits per heavy atom. The van der Waals surface area contributed by atoms with E-state index in [4.69, 9.17) is 4.52 Å². The second kappa shape index (κ2) is 8.08. The van der Waals surface area contributed by atoms with Gasteiger partial charge in [-0.25, -0.2) is 0 Å². The van der Waals surface area contributed by atoms with E-state index < -0.39 is 0 Å². The molecule has 1 aliphatic rings. The Morgan fingerprint density at radius 3 is 2.79 bits per heavy atom. The zero-order valence-corrected chi connectivity index (χ0v) is 14.1. The third-order valence-corrected chi connectivity index (χ3v) is 4.30. The van der Waals surface area contributed by atoms with E-state index in [2.05, 4.69) is 15.4 Å². The van der Waals surface area contributed by atoms with Gasteiger partial charge in [-0.2, -0.15) is 0 Å². The quantitative estimate of drug-likeness (QED) is 0.873. The fraction of sp³-hybridized carbons (Fsp3) is 0.444. The van der Waals surface area contributed by atoms with Crippen molar-refractivity contribution in [3.05, 3.63) is 42.2 Å². The Balaban J connectivity index is 1.50. The molecule has 6 nitrogen and oxygen atoms in total. The highest BCUT2D eigenvalue weighted by Gasteiger charge is 2.16. The van der Waals surface area contributed by atoms with Crippen LogP contribution >= 0.6 is 0 Å². The van der Waals surface area contributed by atoms with Crippen LogP contribution in [-0.2, 0) is 11.3 Å². The van der Waals surface area contributed by atoms with Gasteiger partial charge in [-0.3, -0.25) is 4.79 Å². The smallest absolute Gasteiger partial charge is 0.224 e. The topological polar surface area (TPSA) is 61.6 Å². The van der Waals surface area contributed by atoms with E-state index in [1.165, 1.54) is 0 Å². The molecule has 0 bridgehead atoms. The van der Waals surface area contributed by atoms with Crippen LogP contribution < -0.4 is 5.32 Å². The van der Waals surface area contributed by atoms with E-state index in [0.29, 0.717) is 18.7 Å². The Bertz CT molecular complexity index is 650. The van der Waals surface area contributed by atoms with E-state index in [1.807, 2.05) is 43.4 Å². The van der Waals surface area contributed by atoms with Crippen molar-refractivity contribution in [1.29, 1.82) is 0 Å². The van der Waals surface area contributed by atoms with E-state index in [0.717, 1.165) is 44.0 Å². The summed E-state index contributed by atoms with van der Waals surface area (Å²) in [5, 5.41) is 7.41. The summed E-state index contributed by atoms with van der Waals surface area (Å²) in [5.74, 6) is 0.832. The molecule has 1 aliphatic heterocycles. The molecule has 0 atom stereocenters. The lowest BCUT2D eigenvalue weighted by molar-refractivity contribution is -0.131. The lowest BCUT2D eigenvalue weighted by Crippen LogP contribution is -2.44. The molecule has 128 valence electrons. The van der Waals surface area contributed by atoms with Gasteiger partial charge in [0.15, 0.2) is 5.76 Å². The van der Waals surface area contributed by atoms with Gasteiger partial charge in [-0.1, -0.05) is 35.5 Å². The maximum atomic E-state index is 12.3. The summed E-state index contributed by atoms with van der Waals surface area (Å²) >= 11 is 0. The first-order chi connectivity index (χ1) is 11.7. The molecule has 1 amide bonds. The van der Waals surface area contributed by atoms with Gasteiger partial charge >= 0.3 is 0 Å². The zero-order valence-electron chi connectivity index (χ0n) is 14.1. The molecule has 1 aromatic carbocycles. The Morgan fingerprint density at radius 1 is 1.29 bits per heavy atom. The molecule has 6 heteroatoms. The van der Waals surface area contributed by atoms with Crippen LogP contribution in [0.25, 0.3) is 11.3 Å². The minimum atomic E-state index is 0.131. The molecule has 1 saturated heterocycles. The highest BCUT2D eigenvalue weighted by Crippen LogP contribution is 2.19. The molecular weight excluding hydrogens is 304 g/mol. The van der Waals surface area contributed by atoms with Gasteiger partial charge in [0.05, 0.1) is 6.54 Å². The van der Waals surface area contributed by atoms with Crippen LogP contribution in [0.2, 0.25) is 0 Å². The number of amides is 1. The van der Waals surface area contributed by atoms with Crippen LogP contribution in [-0.4, -0.2) is 60.6 Å². The summed E-state index contributed by atoms with van der Waals surface area (Å²) in [4.78, 5) is 16.3. The number of carbonyl (C=O) groups is 1. The molecule has 0 radical (unpaired) electrons. The lowest BCUT2D eigenvalue weighted by Gasteiger charge is -2.27. The van der Waals surface area contributed by atoms with Crippen molar-refractivity contribution in [2.75, 3.05) is 39.8 Å². The number of carbonyl (C=O) groups excluding carboxylic acids is 1. The first kappa shape index (κ1) is 16.7. The third kappa shape index (κ3) is 4.43. The second-order valence-electron chi connectivity index (χ2n) is 6.14. The van der Waals surface area contributed by atoms with Gasteiger partial charge in [-0.05, 0) is 0 Å². The van der Waals surface area contributed by atoms with Crippen molar-refractivity contribution in [3.63, 3.8) is 0 Å². The maximum Gasteiger partial charge on any atom is 0.224 e. The fourth-order valence-corrected chi connectivity index (χ4v) is 2.83. The van der Waals surface area contributed by atoms with Gasteiger partial charge in [0.25, 0.3) is 0 Å². The third-order valence-electron chi connectivity index (χ3n) is 4.30. The van der Waals surface area contributed by atoms with Crippen LogP contribution in [0.1, 0.15) is 12.2 Å². The van der Waals surface area contributed by atoms with Crippen LogP contribution in [0.4, 0.5) is 0 Å². The van der Waals surface area contributed by atoms with Gasteiger partial charge in [0, 0.05) is 57.8 Å². The van der Waals surface area contributed by atoms with Gasteiger partial charge < -0.3 is 19.6 Å². The highest BCUT2D eigenvalue weighted by molar-refractivity contribution is 5.76. The summed E-state index contributed by atoms with van der Waals surface area (Å²) in [7, 11) is 1.81. The number of piperazine rings is 1. The average molecular weight is 328 g/mol. The summed E-state index contributed by atoms with van der Waals surface area (Å²) in [6.45, 7) is 5.30. The summed E-state index contributed by atoms with van der Waals surface area (Å²) in [5.41, 5.74) is 1.81. The van der Waals surface area contributed by atoms with Gasteiger partial charge in [0.1, 0.15) is 5.69 Å². The van der Waals surface area contributed by atoms with Crippen molar-refractivity contribution in [2.45, 2.75) is 13.0 Å². The number of hydrogen-bond acceptors (Lipinski definition) is 5. The van der Waals surface area contributed by atoms with Crippen LogP contribution in [0.3, 0.4) is 0 Å². The lowest BCUT2D eigenvalue weighted by atomic mass is 10.1. The van der Waals surface area contributed by atoms with Crippen molar-refractivity contribution in [3.8, 4) is 11.3 Å². The molecule has 0 aliphatic carbocycles. The zero-order chi connectivity index (χ0) is 16.8. The standard InChI is InChI=1S/C18H24N4O2/c1-21(18(23)7-10-22-11-8-19-9-12-22)14-16-13-17(20-24-16)15-5-3-2-4-6-15/h2-6,13,19H,7-12,14H2,1H3. The van der Waals surface area contributed by atoms with Crippen LogP contribution in [0.5, 0.6) is 0 Å². The molecule has 1 aromatic heterocycles. The predicted octanol–water partition coefficient (Wildman–Crippen LogP) is 1.60. The largest absolute Gasteiger partial charge is 0.359 e. The first-order valence-corrected chi connectivity index (χ1v) is 8.40. The SMILES string of the molecule is CN(Cc1cc(-c2ccccc2)no1)C(=O)CCN1CCNCC1. The molecular formula is C18H24N4O2. The molecule has 1 fully saturated rings. The normalized spacial score (nSPS) is 15.4. The van der Waals surface area contributed by atoms with E-state index in [-0.39, 0.29) is 5.91 Å².